The Bertz CT molecular complexity index is 429. The second-order valence-corrected chi connectivity index (χ2v) is 5.04. The number of carboxylic acids is 1. The third kappa shape index (κ3) is 5.01. The van der Waals surface area contributed by atoms with Gasteiger partial charge in [0.15, 0.2) is 0 Å². The number of nitrogens with zero attached hydrogens (tertiary/aromatic N) is 1. The van der Waals surface area contributed by atoms with Crippen LogP contribution in [-0.2, 0) is 17.6 Å². The highest BCUT2D eigenvalue weighted by Gasteiger charge is 2.13. The molecule has 0 aromatic heterocycles. The van der Waals surface area contributed by atoms with Crippen LogP contribution in [0, 0.1) is 23.2 Å². The maximum Gasteiger partial charge on any atom is 0.304 e. The van der Waals surface area contributed by atoms with Gasteiger partial charge in [-0.15, -0.1) is 0 Å². The molecule has 1 aromatic carbocycles. The fraction of sp³-hybridized carbons (Fsp3) is 0.467. The summed E-state index contributed by atoms with van der Waals surface area (Å²) in [7, 11) is 0. The lowest BCUT2D eigenvalue weighted by Crippen LogP contribution is -2.08. The molecule has 1 N–H and O–H groups in total. The Labute approximate surface area is 108 Å². The first-order chi connectivity index (χ1) is 8.51. The number of benzene rings is 1. The number of carbonyl (C=O) groups is 1. The molecule has 1 unspecified atom stereocenters. The van der Waals surface area contributed by atoms with Crippen LogP contribution in [0.5, 0.6) is 0 Å². The molecule has 96 valence electrons. The number of rotatable bonds is 6. The molecule has 0 heterocycles. The summed E-state index contributed by atoms with van der Waals surface area (Å²) in [6.07, 6.45) is 1.45. The molecular formula is C15H19NO2. The van der Waals surface area contributed by atoms with Crippen LogP contribution in [-0.4, -0.2) is 11.1 Å². The van der Waals surface area contributed by atoms with Gasteiger partial charge in [0.1, 0.15) is 0 Å². The summed E-state index contributed by atoms with van der Waals surface area (Å²) < 4.78 is 0. The summed E-state index contributed by atoms with van der Waals surface area (Å²) in [5.41, 5.74) is 2.30. The van der Waals surface area contributed by atoms with Gasteiger partial charge in [0.05, 0.1) is 18.4 Å². The van der Waals surface area contributed by atoms with Crippen LogP contribution in [0.3, 0.4) is 0 Å². The summed E-state index contributed by atoms with van der Waals surface area (Å²) in [5, 5.41) is 17.6. The minimum atomic E-state index is -0.919. The maximum absolute atomic E-state index is 10.6. The molecule has 0 amide bonds. The Balaban J connectivity index is 2.62. The van der Waals surface area contributed by atoms with Crippen molar-refractivity contribution in [3.05, 3.63) is 35.4 Å². The molecule has 18 heavy (non-hydrogen) atoms. The first-order valence-electron chi connectivity index (χ1n) is 6.20. The number of carboxylic acid groups (broad SMARTS) is 1. The minimum Gasteiger partial charge on any atom is -0.481 e. The Kier molecular flexibility index (Phi) is 5.38. The van der Waals surface area contributed by atoms with E-state index in [4.69, 9.17) is 10.4 Å². The van der Waals surface area contributed by atoms with Crippen LogP contribution in [0.15, 0.2) is 24.3 Å². The highest BCUT2D eigenvalue weighted by molar-refractivity contribution is 5.67. The number of aliphatic carboxylic acids is 1. The molecule has 0 aliphatic rings. The van der Waals surface area contributed by atoms with E-state index in [-0.39, 0.29) is 6.42 Å². The highest BCUT2D eigenvalue weighted by atomic mass is 16.4. The van der Waals surface area contributed by atoms with Gasteiger partial charge >= 0.3 is 5.97 Å². The number of nitriles is 1. The Morgan fingerprint density at radius 1 is 1.22 bits per heavy atom. The van der Waals surface area contributed by atoms with Crippen LogP contribution in [0.1, 0.15) is 31.4 Å². The second-order valence-electron chi connectivity index (χ2n) is 5.04. The summed E-state index contributed by atoms with van der Waals surface area (Å²) >= 11 is 0. The van der Waals surface area contributed by atoms with Gasteiger partial charge in [0.2, 0.25) is 0 Å². The molecule has 0 bridgehead atoms. The SMILES string of the molecule is CC(C)Cc1ccc(CC(C#N)CC(=O)O)cc1. The normalized spacial score (nSPS) is 12.1. The molecule has 0 aliphatic heterocycles. The van der Waals surface area contributed by atoms with E-state index in [0.29, 0.717) is 12.3 Å². The predicted octanol–water partition coefficient (Wildman–Crippen LogP) is 3.04. The van der Waals surface area contributed by atoms with Crippen molar-refractivity contribution < 1.29 is 9.90 Å². The summed E-state index contributed by atoms with van der Waals surface area (Å²) in [6, 6.07) is 10.1. The van der Waals surface area contributed by atoms with E-state index in [0.717, 1.165) is 12.0 Å². The standard InChI is InChI=1S/C15H19NO2/c1-11(2)7-12-3-5-13(6-4-12)8-14(10-16)9-15(17)18/h3-6,11,14H,7-9H2,1-2H3,(H,17,18). The number of hydrogen-bond acceptors (Lipinski definition) is 2. The molecule has 0 saturated heterocycles. The lowest BCUT2D eigenvalue weighted by atomic mass is 9.95. The van der Waals surface area contributed by atoms with Crippen molar-refractivity contribution in [1.29, 1.82) is 5.26 Å². The first-order valence-corrected chi connectivity index (χ1v) is 6.20. The van der Waals surface area contributed by atoms with Gasteiger partial charge in [-0.2, -0.15) is 5.26 Å². The van der Waals surface area contributed by atoms with Crippen LogP contribution >= 0.6 is 0 Å². The smallest absolute Gasteiger partial charge is 0.304 e. The van der Waals surface area contributed by atoms with E-state index in [9.17, 15) is 4.79 Å². The first kappa shape index (κ1) is 14.2. The summed E-state index contributed by atoms with van der Waals surface area (Å²) in [4.78, 5) is 10.6. The minimum absolute atomic E-state index is 0.0930. The molecule has 0 radical (unpaired) electrons. The van der Waals surface area contributed by atoms with Crippen molar-refractivity contribution >= 4 is 5.97 Å². The Morgan fingerprint density at radius 2 is 1.72 bits per heavy atom. The molecule has 3 nitrogen and oxygen atoms in total. The molecule has 1 aromatic rings. The highest BCUT2D eigenvalue weighted by Crippen LogP contribution is 2.14. The molecular weight excluding hydrogens is 226 g/mol. The number of hydrogen-bond donors (Lipinski definition) is 1. The quantitative estimate of drug-likeness (QED) is 0.837. The van der Waals surface area contributed by atoms with E-state index < -0.39 is 11.9 Å². The summed E-state index contributed by atoms with van der Waals surface area (Å²) in [6.45, 7) is 4.35. The van der Waals surface area contributed by atoms with Crippen molar-refractivity contribution in [3.63, 3.8) is 0 Å². The maximum atomic E-state index is 10.6. The van der Waals surface area contributed by atoms with E-state index in [2.05, 4.69) is 26.0 Å². The lowest BCUT2D eigenvalue weighted by Gasteiger charge is -2.08. The van der Waals surface area contributed by atoms with Gasteiger partial charge in [0, 0.05) is 0 Å². The van der Waals surface area contributed by atoms with Gasteiger partial charge in [-0.3, -0.25) is 4.79 Å². The van der Waals surface area contributed by atoms with Gasteiger partial charge in [-0.05, 0) is 29.9 Å². The van der Waals surface area contributed by atoms with Crippen LogP contribution in [0.2, 0.25) is 0 Å². The molecule has 1 rings (SSSR count). The fourth-order valence-electron chi connectivity index (χ4n) is 1.94. The molecule has 3 heteroatoms. The fourth-order valence-corrected chi connectivity index (χ4v) is 1.94. The molecule has 1 atom stereocenters. The Morgan fingerprint density at radius 3 is 2.11 bits per heavy atom. The molecule has 0 saturated carbocycles. The zero-order valence-electron chi connectivity index (χ0n) is 10.9. The van der Waals surface area contributed by atoms with Crippen molar-refractivity contribution in [2.24, 2.45) is 11.8 Å². The third-order valence-corrected chi connectivity index (χ3v) is 2.75. The monoisotopic (exact) mass is 245 g/mol. The van der Waals surface area contributed by atoms with Gasteiger partial charge in [0.25, 0.3) is 0 Å². The van der Waals surface area contributed by atoms with Crippen molar-refractivity contribution in [1.82, 2.24) is 0 Å². The van der Waals surface area contributed by atoms with Crippen molar-refractivity contribution in [2.75, 3.05) is 0 Å². The topological polar surface area (TPSA) is 61.1 Å². The predicted molar refractivity (Wildman–Crippen MR) is 70.0 cm³/mol. The molecule has 0 aliphatic carbocycles. The molecule has 0 fully saturated rings. The van der Waals surface area contributed by atoms with Crippen molar-refractivity contribution in [2.45, 2.75) is 33.1 Å². The lowest BCUT2D eigenvalue weighted by molar-refractivity contribution is -0.137. The van der Waals surface area contributed by atoms with Crippen LogP contribution in [0.4, 0.5) is 0 Å². The summed E-state index contributed by atoms with van der Waals surface area (Å²) in [5.74, 6) is -0.744. The molecule has 0 spiro atoms. The Hall–Kier alpha value is -1.82. The zero-order chi connectivity index (χ0) is 13.5. The average Bonchev–Trinajstić information content (AvgIpc) is 2.29. The average molecular weight is 245 g/mol. The van der Waals surface area contributed by atoms with E-state index >= 15 is 0 Å². The van der Waals surface area contributed by atoms with Gasteiger partial charge in [-0.1, -0.05) is 38.1 Å². The van der Waals surface area contributed by atoms with Crippen LogP contribution in [0.25, 0.3) is 0 Å². The zero-order valence-corrected chi connectivity index (χ0v) is 10.9. The van der Waals surface area contributed by atoms with Crippen molar-refractivity contribution in [3.8, 4) is 6.07 Å². The van der Waals surface area contributed by atoms with E-state index in [1.54, 1.807) is 0 Å². The second kappa shape index (κ2) is 6.80. The van der Waals surface area contributed by atoms with E-state index in [1.807, 2.05) is 18.2 Å². The van der Waals surface area contributed by atoms with E-state index in [1.165, 1.54) is 5.56 Å². The van der Waals surface area contributed by atoms with Gasteiger partial charge < -0.3 is 5.11 Å². The van der Waals surface area contributed by atoms with Gasteiger partial charge in [-0.25, -0.2) is 0 Å². The van der Waals surface area contributed by atoms with Crippen LogP contribution < -0.4 is 0 Å². The largest absolute Gasteiger partial charge is 0.481 e. The third-order valence-electron chi connectivity index (χ3n) is 2.75.